The molecule has 1 aromatic rings. The largest absolute Gasteiger partial charge is 0.508 e. The highest BCUT2D eigenvalue weighted by Crippen LogP contribution is 2.42. The van der Waals surface area contributed by atoms with E-state index in [2.05, 4.69) is 4.74 Å². The van der Waals surface area contributed by atoms with Crippen LogP contribution in [-0.4, -0.2) is 29.5 Å². The van der Waals surface area contributed by atoms with Crippen LogP contribution in [0.3, 0.4) is 0 Å². The lowest BCUT2D eigenvalue weighted by Gasteiger charge is -2.29. The minimum Gasteiger partial charge on any atom is -0.508 e. The SMILES string of the molecule is COC(=O)[C@@](O)(c1ccc(O)c(C)c1C)C(F)(F)F. The zero-order valence-electron chi connectivity index (χ0n) is 10.5. The van der Waals surface area contributed by atoms with Gasteiger partial charge in [0.1, 0.15) is 5.75 Å². The van der Waals surface area contributed by atoms with Crippen LogP contribution in [0.15, 0.2) is 12.1 Å². The van der Waals surface area contributed by atoms with Gasteiger partial charge >= 0.3 is 12.1 Å². The lowest BCUT2D eigenvalue weighted by Crippen LogP contribution is -2.50. The normalized spacial score (nSPS) is 14.9. The zero-order chi connectivity index (χ0) is 15.0. The molecule has 0 fully saturated rings. The minimum absolute atomic E-state index is 0.0368. The Morgan fingerprint density at radius 3 is 2.16 bits per heavy atom. The number of esters is 1. The van der Waals surface area contributed by atoms with E-state index < -0.39 is 23.3 Å². The number of alkyl halides is 3. The monoisotopic (exact) mass is 278 g/mol. The van der Waals surface area contributed by atoms with Crippen LogP contribution in [0.1, 0.15) is 16.7 Å². The summed E-state index contributed by atoms with van der Waals surface area (Å²) in [4.78, 5) is 11.4. The van der Waals surface area contributed by atoms with Crippen LogP contribution in [-0.2, 0) is 15.1 Å². The highest BCUT2D eigenvalue weighted by molar-refractivity contribution is 5.83. The van der Waals surface area contributed by atoms with Crippen LogP contribution in [0.4, 0.5) is 13.2 Å². The summed E-state index contributed by atoms with van der Waals surface area (Å²) in [6.45, 7) is 2.65. The second-order valence-electron chi connectivity index (χ2n) is 4.08. The number of benzene rings is 1. The molecule has 1 rings (SSSR count). The van der Waals surface area contributed by atoms with Gasteiger partial charge in [-0.15, -0.1) is 0 Å². The van der Waals surface area contributed by atoms with Crippen molar-refractivity contribution in [3.63, 3.8) is 0 Å². The van der Waals surface area contributed by atoms with Gasteiger partial charge in [0.05, 0.1) is 7.11 Å². The summed E-state index contributed by atoms with van der Waals surface area (Å²) in [5.74, 6) is -2.05. The summed E-state index contributed by atoms with van der Waals surface area (Å²) in [6, 6.07) is 1.83. The third-order valence-corrected chi connectivity index (χ3v) is 3.04. The molecule has 19 heavy (non-hydrogen) atoms. The number of rotatable bonds is 2. The smallest absolute Gasteiger partial charge is 0.432 e. The van der Waals surface area contributed by atoms with Crippen molar-refractivity contribution in [3.05, 3.63) is 28.8 Å². The molecule has 0 aliphatic carbocycles. The maximum absolute atomic E-state index is 13.0. The molecule has 0 amide bonds. The van der Waals surface area contributed by atoms with Crippen molar-refractivity contribution in [2.24, 2.45) is 0 Å². The van der Waals surface area contributed by atoms with E-state index in [0.717, 1.165) is 19.2 Å². The fraction of sp³-hybridized carbons (Fsp3) is 0.417. The quantitative estimate of drug-likeness (QED) is 0.811. The summed E-state index contributed by atoms with van der Waals surface area (Å²) in [5, 5.41) is 19.2. The molecule has 1 atom stereocenters. The van der Waals surface area contributed by atoms with Crippen LogP contribution in [0.5, 0.6) is 5.75 Å². The Morgan fingerprint density at radius 2 is 1.74 bits per heavy atom. The summed E-state index contributed by atoms with van der Waals surface area (Å²) >= 11 is 0. The molecule has 0 aliphatic heterocycles. The summed E-state index contributed by atoms with van der Waals surface area (Å²) < 4.78 is 43.1. The second kappa shape index (κ2) is 4.73. The van der Waals surface area contributed by atoms with Crippen molar-refractivity contribution in [1.29, 1.82) is 0 Å². The molecule has 0 heterocycles. The zero-order valence-corrected chi connectivity index (χ0v) is 10.5. The molecule has 0 aliphatic rings. The van der Waals surface area contributed by atoms with Gasteiger partial charge in [-0.2, -0.15) is 13.2 Å². The van der Waals surface area contributed by atoms with Crippen molar-refractivity contribution in [1.82, 2.24) is 0 Å². The maximum Gasteiger partial charge on any atom is 0.432 e. The van der Waals surface area contributed by atoms with Crippen molar-refractivity contribution >= 4 is 5.97 Å². The highest BCUT2D eigenvalue weighted by Gasteiger charge is 2.62. The molecule has 0 unspecified atom stereocenters. The number of phenols is 1. The Morgan fingerprint density at radius 1 is 1.21 bits per heavy atom. The van der Waals surface area contributed by atoms with E-state index in [0.29, 0.717) is 0 Å². The first-order valence-corrected chi connectivity index (χ1v) is 5.24. The molecular weight excluding hydrogens is 265 g/mol. The van der Waals surface area contributed by atoms with Gasteiger partial charge in [0.25, 0.3) is 5.60 Å². The average molecular weight is 278 g/mol. The highest BCUT2D eigenvalue weighted by atomic mass is 19.4. The molecule has 0 saturated heterocycles. The van der Waals surface area contributed by atoms with Crippen molar-refractivity contribution < 1.29 is 32.9 Å². The first-order valence-electron chi connectivity index (χ1n) is 5.24. The molecule has 0 radical (unpaired) electrons. The van der Waals surface area contributed by atoms with Crippen LogP contribution < -0.4 is 0 Å². The van der Waals surface area contributed by atoms with Crippen LogP contribution >= 0.6 is 0 Å². The Labute approximate surface area is 107 Å². The van der Waals surface area contributed by atoms with E-state index in [9.17, 15) is 28.2 Å². The summed E-state index contributed by atoms with van der Waals surface area (Å²) in [7, 11) is 0.752. The Hall–Kier alpha value is -1.76. The first-order chi connectivity index (χ1) is 8.57. The molecule has 4 nitrogen and oxygen atoms in total. The van der Waals surface area contributed by atoms with Gasteiger partial charge in [0.2, 0.25) is 0 Å². The van der Waals surface area contributed by atoms with Gasteiger partial charge in [-0.3, -0.25) is 0 Å². The van der Waals surface area contributed by atoms with E-state index in [1.165, 1.54) is 13.8 Å². The number of phenolic OH excluding ortho intramolecular Hbond substituents is 1. The molecule has 2 N–H and O–H groups in total. The molecule has 0 aromatic heterocycles. The van der Waals surface area contributed by atoms with Gasteiger partial charge < -0.3 is 14.9 Å². The van der Waals surface area contributed by atoms with Gasteiger partial charge in [-0.05, 0) is 31.0 Å². The van der Waals surface area contributed by atoms with Crippen LogP contribution in [0.2, 0.25) is 0 Å². The van der Waals surface area contributed by atoms with Crippen molar-refractivity contribution in [3.8, 4) is 5.75 Å². The van der Waals surface area contributed by atoms with Gasteiger partial charge in [0, 0.05) is 5.56 Å². The fourth-order valence-electron chi connectivity index (χ4n) is 1.72. The van der Waals surface area contributed by atoms with E-state index in [1.807, 2.05) is 0 Å². The predicted octanol–water partition coefficient (Wildman–Crippen LogP) is 1.93. The van der Waals surface area contributed by atoms with Crippen LogP contribution in [0.25, 0.3) is 0 Å². The lowest BCUT2D eigenvalue weighted by molar-refractivity contribution is -0.267. The Kier molecular flexibility index (Phi) is 3.81. The molecule has 0 saturated carbocycles. The molecular formula is C12H13F3O4. The number of carbonyl (C=O) groups is 1. The molecule has 106 valence electrons. The first kappa shape index (κ1) is 15.3. The molecule has 0 bridgehead atoms. The number of ether oxygens (including phenoxy) is 1. The fourth-order valence-corrected chi connectivity index (χ4v) is 1.72. The van der Waals surface area contributed by atoms with Gasteiger partial charge in [-0.1, -0.05) is 6.07 Å². The molecule has 7 heteroatoms. The van der Waals surface area contributed by atoms with E-state index in [4.69, 9.17) is 0 Å². The maximum atomic E-state index is 13.0. The summed E-state index contributed by atoms with van der Waals surface area (Å²) in [5.41, 5.74) is -4.32. The number of halogens is 3. The number of aromatic hydroxyl groups is 1. The van der Waals surface area contributed by atoms with Crippen molar-refractivity contribution in [2.45, 2.75) is 25.6 Å². The summed E-state index contributed by atoms with van der Waals surface area (Å²) in [6.07, 6.45) is -5.24. The lowest BCUT2D eigenvalue weighted by atomic mass is 9.87. The van der Waals surface area contributed by atoms with Gasteiger partial charge in [-0.25, -0.2) is 4.79 Å². The Bertz CT molecular complexity index is 510. The topological polar surface area (TPSA) is 66.8 Å². The van der Waals surface area contributed by atoms with E-state index in [-0.39, 0.29) is 16.9 Å². The van der Waals surface area contributed by atoms with E-state index in [1.54, 1.807) is 0 Å². The third-order valence-electron chi connectivity index (χ3n) is 3.04. The average Bonchev–Trinajstić information content (AvgIpc) is 2.32. The number of carbonyl (C=O) groups excluding carboxylic acids is 1. The predicted molar refractivity (Wildman–Crippen MR) is 59.5 cm³/mol. The third kappa shape index (κ3) is 2.25. The Balaban J connectivity index is 3.61. The number of aliphatic hydroxyl groups is 1. The van der Waals surface area contributed by atoms with Crippen molar-refractivity contribution in [2.75, 3.05) is 7.11 Å². The second-order valence-corrected chi connectivity index (χ2v) is 4.08. The number of hydrogen-bond donors (Lipinski definition) is 2. The minimum atomic E-state index is -5.24. The number of hydrogen-bond acceptors (Lipinski definition) is 4. The van der Waals surface area contributed by atoms with Gasteiger partial charge in [0.15, 0.2) is 0 Å². The number of methoxy groups -OCH3 is 1. The van der Waals surface area contributed by atoms with E-state index >= 15 is 0 Å². The molecule has 1 aromatic carbocycles. The molecule has 0 spiro atoms. The standard InChI is InChI=1S/C12H13F3O4/c1-6-7(2)9(16)5-4-8(6)11(18,10(17)19-3)12(13,14)15/h4-5,16,18H,1-3H3/t11-/m0/s1. The van der Waals surface area contributed by atoms with Crippen LogP contribution in [0, 0.1) is 13.8 Å².